The molecule has 1 aliphatic heterocycles. The summed E-state index contributed by atoms with van der Waals surface area (Å²) in [7, 11) is 0. The van der Waals surface area contributed by atoms with Crippen molar-refractivity contribution in [2.24, 2.45) is 5.92 Å². The minimum Gasteiger partial charge on any atom is -0.459 e. The van der Waals surface area contributed by atoms with E-state index in [4.69, 9.17) is 20.4 Å². The lowest BCUT2D eigenvalue weighted by molar-refractivity contribution is -0.120. The molecule has 0 aliphatic carbocycles. The third kappa shape index (κ3) is 5.07. The summed E-state index contributed by atoms with van der Waals surface area (Å²) in [5, 5.41) is 15.5. The highest BCUT2D eigenvalue weighted by molar-refractivity contribution is 6.34. The van der Waals surface area contributed by atoms with E-state index in [0.717, 1.165) is 0 Å². The number of amides is 2. The Bertz CT molecular complexity index is 1220. The van der Waals surface area contributed by atoms with Crippen LogP contribution in [0.3, 0.4) is 0 Å². The van der Waals surface area contributed by atoms with Crippen molar-refractivity contribution in [3.05, 3.63) is 52.9 Å². The molecule has 3 aromatic rings. The van der Waals surface area contributed by atoms with Gasteiger partial charge in [0.05, 0.1) is 17.0 Å². The van der Waals surface area contributed by atoms with Gasteiger partial charge in [0.25, 0.3) is 11.8 Å². The van der Waals surface area contributed by atoms with Crippen molar-refractivity contribution < 1.29 is 18.4 Å². The highest BCUT2D eigenvalue weighted by Gasteiger charge is 2.29. The predicted octanol–water partition coefficient (Wildman–Crippen LogP) is 4.45. The van der Waals surface area contributed by atoms with E-state index in [1.54, 1.807) is 30.3 Å². The molecule has 0 bridgehead atoms. The topological polar surface area (TPSA) is 124 Å². The van der Waals surface area contributed by atoms with Crippen molar-refractivity contribution in [2.45, 2.75) is 32.7 Å². The summed E-state index contributed by atoms with van der Waals surface area (Å²) in [6.45, 7) is 4.78. The second-order valence-corrected chi connectivity index (χ2v) is 8.74. The van der Waals surface area contributed by atoms with Crippen LogP contribution < -0.4 is 15.5 Å². The van der Waals surface area contributed by atoms with Crippen molar-refractivity contribution in [3.8, 4) is 17.7 Å². The highest BCUT2D eigenvalue weighted by atomic mass is 35.5. The summed E-state index contributed by atoms with van der Waals surface area (Å²) in [6.07, 6.45) is 2.62. The first-order chi connectivity index (χ1) is 16.4. The van der Waals surface area contributed by atoms with Gasteiger partial charge >= 0.3 is 0 Å². The maximum Gasteiger partial charge on any atom is 0.266 e. The molecule has 0 spiro atoms. The third-order valence-electron chi connectivity index (χ3n) is 5.51. The number of carbonyl (C=O) groups excluding carboxylic acids is 2. The zero-order valence-corrected chi connectivity index (χ0v) is 19.6. The van der Waals surface area contributed by atoms with Crippen molar-refractivity contribution in [3.63, 3.8) is 0 Å². The van der Waals surface area contributed by atoms with Crippen LogP contribution in [0.1, 0.15) is 42.7 Å². The Hall–Kier alpha value is -3.77. The number of halogens is 1. The van der Waals surface area contributed by atoms with Gasteiger partial charge < -0.3 is 24.4 Å². The first kappa shape index (κ1) is 23.4. The number of hydrogen-bond donors (Lipinski definition) is 2. The molecule has 1 aromatic carbocycles. The number of hydrogen-bond acceptors (Lipinski definition) is 7. The normalized spacial score (nSPS) is 14.1. The van der Waals surface area contributed by atoms with Gasteiger partial charge in [-0.05, 0) is 57.0 Å². The van der Waals surface area contributed by atoms with Crippen LogP contribution in [0.2, 0.25) is 5.02 Å². The first-order valence-electron chi connectivity index (χ1n) is 11.0. The standard InChI is InChI=1S/C24H24ClN5O4/c1-14(2)27-22(32)16-5-6-17(25)18(12-16)28-21(31)15-7-9-30(10-8-15)24-19(13-26)29-23(34-24)20-4-3-11-33-20/h3-6,11-12,14-15H,7-10H2,1-2H3,(H,27,32)(H,28,31). The van der Waals surface area contributed by atoms with Crippen LogP contribution in [-0.2, 0) is 4.79 Å². The fourth-order valence-corrected chi connectivity index (χ4v) is 3.96. The van der Waals surface area contributed by atoms with E-state index in [0.29, 0.717) is 53.8 Å². The number of nitrogens with zero attached hydrogens (tertiary/aromatic N) is 3. The Balaban J connectivity index is 1.40. The molecule has 10 heteroatoms. The average Bonchev–Trinajstić information content (AvgIpc) is 3.50. The molecular formula is C24H24ClN5O4. The van der Waals surface area contributed by atoms with Gasteiger partial charge in [-0.3, -0.25) is 9.59 Å². The van der Waals surface area contributed by atoms with Crippen LogP contribution >= 0.6 is 11.6 Å². The number of anilines is 2. The molecule has 176 valence electrons. The fourth-order valence-electron chi connectivity index (χ4n) is 3.79. The number of nitriles is 1. The second kappa shape index (κ2) is 10.0. The number of aromatic nitrogens is 1. The monoisotopic (exact) mass is 481 g/mol. The Kier molecular flexibility index (Phi) is 6.89. The van der Waals surface area contributed by atoms with E-state index in [2.05, 4.69) is 21.7 Å². The molecular weight excluding hydrogens is 458 g/mol. The smallest absolute Gasteiger partial charge is 0.266 e. The molecule has 0 atom stereocenters. The molecule has 2 amide bonds. The summed E-state index contributed by atoms with van der Waals surface area (Å²) in [5.41, 5.74) is 0.998. The predicted molar refractivity (Wildman–Crippen MR) is 127 cm³/mol. The number of carbonyl (C=O) groups is 2. The molecule has 1 aliphatic rings. The average molecular weight is 482 g/mol. The highest BCUT2D eigenvalue weighted by Crippen LogP contribution is 2.32. The van der Waals surface area contributed by atoms with E-state index in [9.17, 15) is 14.9 Å². The molecule has 0 unspecified atom stereocenters. The number of rotatable bonds is 6. The zero-order chi connectivity index (χ0) is 24.2. The Morgan fingerprint density at radius 3 is 2.68 bits per heavy atom. The molecule has 4 rings (SSSR count). The van der Waals surface area contributed by atoms with E-state index in [1.807, 2.05) is 18.7 Å². The molecule has 9 nitrogen and oxygen atoms in total. The molecule has 2 N–H and O–H groups in total. The van der Waals surface area contributed by atoms with Crippen LogP contribution in [0.5, 0.6) is 0 Å². The van der Waals surface area contributed by atoms with Crippen molar-refractivity contribution in [1.82, 2.24) is 10.3 Å². The molecule has 0 saturated carbocycles. The van der Waals surface area contributed by atoms with E-state index in [1.165, 1.54) is 6.26 Å². The van der Waals surface area contributed by atoms with Crippen molar-refractivity contribution >= 4 is 35.0 Å². The zero-order valence-electron chi connectivity index (χ0n) is 18.8. The van der Waals surface area contributed by atoms with Crippen molar-refractivity contribution in [2.75, 3.05) is 23.3 Å². The van der Waals surface area contributed by atoms with Crippen LogP contribution in [0.15, 0.2) is 45.4 Å². The molecule has 2 aromatic heterocycles. The Labute approximate surface area is 201 Å². The minimum absolute atomic E-state index is 0.00697. The SMILES string of the molecule is CC(C)NC(=O)c1ccc(Cl)c(NC(=O)C2CCN(c3oc(-c4ccco4)nc3C#N)CC2)c1. The number of benzene rings is 1. The fraction of sp³-hybridized carbons (Fsp3) is 0.333. The minimum atomic E-state index is -0.251. The van der Waals surface area contributed by atoms with Gasteiger partial charge in [-0.25, -0.2) is 0 Å². The number of furan rings is 1. The lowest BCUT2D eigenvalue weighted by Gasteiger charge is -2.31. The summed E-state index contributed by atoms with van der Waals surface area (Å²) in [6, 6.07) is 10.3. The molecule has 1 saturated heterocycles. The van der Waals surface area contributed by atoms with Gasteiger partial charge in [-0.15, -0.1) is 0 Å². The maximum atomic E-state index is 12.9. The quantitative estimate of drug-likeness (QED) is 0.532. The van der Waals surface area contributed by atoms with Gasteiger partial charge in [0, 0.05) is 30.6 Å². The summed E-state index contributed by atoms with van der Waals surface area (Å²) in [4.78, 5) is 31.3. The van der Waals surface area contributed by atoms with E-state index >= 15 is 0 Å². The molecule has 0 radical (unpaired) electrons. The van der Waals surface area contributed by atoms with Gasteiger partial charge in [0.2, 0.25) is 17.5 Å². The molecule has 1 fully saturated rings. The van der Waals surface area contributed by atoms with Crippen LogP contribution in [0.4, 0.5) is 11.6 Å². The van der Waals surface area contributed by atoms with Crippen LogP contribution in [0.25, 0.3) is 11.7 Å². The van der Waals surface area contributed by atoms with E-state index < -0.39 is 0 Å². The molecule has 34 heavy (non-hydrogen) atoms. The number of piperidine rings is 1. The van der Waals surface area contributed by atoms with Gasteiger partial charge in [-0.2, -0.15) is 10.2 Å². The first-order valence-corrected chi connectivity index (χ1v) is 11.3. The lowest BCUT2D eigenvalue weighted by Crippen LogP contribution is -2.38. The van der Waals surface area contributed by atoms with Crippen LogP contribution in [0, 0.1) is 17.2 Å². The Morgan fingerprint density at radius 2 is 2.03 bits per heavy atom. The lowest BCUT2D eigenvalue weighted by atomic mass is 9.95. The second-order valence-electron chi connectivity index (χ2n) is 8.34. The van der Waals surface area contributed by atoms with Crippen molar-refractivity contribution in [1.29, 1.82) is 5.26 Å². The number of nitrogens with one attached hydrogen (secondary N) is 2. The van der Waals surface area contributed by atoms with E-state index in [-0.39, 0.29) is 35.4 Å². The summed E-state index contributed by atoms with van der Waals surface area (Å²) >= 11 is 6.26. The van der Waals surface area contributed by atoms with Gasteiger partial charge in [-0.1, -0.05) is 11.6 Å². The largest absolute Gasteiger partial charge is 0.459 e. The summed E-state index contributed by atoms with van der Waals surface area (Å²) in [5.74, 6) is 0.408. The van der Waals surface area contributed by atoms with Crippen LogP contribution in [-0.4, -0.2) is 35.9 Å². The summed E-state index contributed by atoms with van der Waals surface area (Å²) < 4.78 is 11.1. The van der Waals surface area contributed by atoms with Gasteiger partial charge in [0.1, 0.15) is 6.07 Å². The third-order valence-corrected chi connectivity index (χ3v) is 5.84. The van der Waals surface area contributed by atoms with Gasteiger partial charge in [0.15, 0.2) is 5.76 Å². The molecule has 3 heterocycles. The number of oxazole rings is 1. The maximum absolute atomic E-state index is 12.9. The Morgan fingerprint density at radius 1 is 1.26 bits per heavy atom.